The molecule has 0 saturated heterocycles. The minimum absolute atomic E-state index is 0.508. The van der Waals surface area contributed by atoms with Gasteiger partial charge >= 0.3 is 12.4 Å². The molecule has 4 aromatic carbocycles. The number of fused-ring (bicyclic) bond motifs is 4. The number of para-hydroxylation sites is 2. The predicted octanol–water partition coefficient (Wildman–Crippen LogP) is 11.2. The Balaban J connectivity index is 0.000000169. The molecule has 2 aliphatic heterocycles. The van der Waals surface area contributed by atoms with Gasteiger partial charge in [-0.2, -0.15) is 26.3 Å². The molecule has 0 unspecified atom stereocenters. The van der Waals surface area contributed by atoms with Crippen molar-refractivity contribution < 1.29 is 26.3 Å². The summed E-state index contributed by atoms with van der Waals surface area (Å²) in [5.41, 5.74) is 1.69. The Morgan fingerprint density at radius 2 is 1.17 bits per heavy atom. The van der Waals surface area contributed by atoms with Crippen LogP contribution in [0.1, 0.15) is 24.0 Å². The van der Waals surface area contributed by atoms with Crippen molar-refractivity contribution in [3.63, 3.8) is 0 Å². The molecule has 0 spiro atoms. The second kappa shape index (κ2) is 12.1. The van der Waals surface area contributed by atoms with E-state index < -0.39 is 23.5 Å². The second-order valence-corrected chi connectivity index (χ2v) is 11.8. The molecule has 214 valence electrons. The van der Waals surface area contributed by atoms with E-state index in [1.807, 2.05) is 53.4 Å². The van der Waals surface area contributed by atoms with Crippen LogP contribution in [0.2, 0.25) is 0 Å². The van der Waals surface area contributed by atoms with Crippen molar-refractivity contribution >= 4 is 57.9 Å². The predicted molar refractivity (Wildman–Crippen MR) is 154 cm³/mol. The quantitative estimate of drug-likeness (QED) is 0.121. The number of hydrogen-bond acceptors (Lipinski definition) is 4. The Morgan fingerprint density at radius 3 is 1.88 bits per heavy atom. The zero-order valence-electron chi connectivity index (χ0n) is 21.3. The van der Waals surface area contributed by atoms with E-state index in [1.165, 1.54) is 35.7 Å². The lowest BCUT2D eigenvalue weighted by Gasteiger charge is -2.33. The van der Waals surface area contributed by atoms with Crippen molar-refractivity contribution in [2.45, 2.75) is 44.8 Å². The molecule has 0 aromatic heterocycles. The van der Waals surface area contributed by atoms with E-state index in [9.17, 15) is 26.3 Å². The van der Waals surface area contributed by atoms with Gasteiger partial charge in [-0.3, -0.25) is 0 Å². The van der Waals surface area contributed by atoms with Gasteiger partial charge in [-0.05, 0) is 73.5 Å². The highest BCUT2D eigenvalue weighted by Gasteiger charge is 2.33. The van der Waals surface area contributed by atoms with E-state index in [4.69, 9.17) is 11.6 Å². The monoisotopic (exact) mass is 624 g/mol. The molecular weight excluding hydrogens is 602 g/mol. The molecule has 0 bridgehead atoms. The molecule has 0 saturated carbocycles. The van der Waals surface area contributed by atoms with Crippen LogP contribution in [0.3, 0.4) is 0 Å². The highest BCUT2D eigenvalue weighted by Crippen LogP contribution is 2.50. The molecule has 0 radical (unpaired) electrons. The number of halogens is 7. The molecular formula is C30H23ClF6N2S2. The van der Waals surface area contributed by atoms with E-state index >= 15 is 0 Å². The fraction of sp³-hybridized carbons (Fsp3) is 0.200. The van der Waals surface area contributed by atoms with E-state index in [0.717, 1.165) is 62.0 Å². The smallest absolute Gasteiger partial charge is 0.354 e. The lowest BCUT2D eigenvalue weighted by Crippen LogP contribution is -2.22. The first-order valence-electron chi connectivity index (χ1n) is 12.6. The number of unbranched alkanes of at least 4 members (excludes halogenated alkanes) is 1. The van der Waals surface area contributed by atoms with Crippen molar-refractivity contribution in [2.24, 2.45) is 0 Å². The van der Waals surface area contributed by atoms with E-state index in [0.29, 0.717) is 23.8 Å². The maximum Gasteiger partial charge on any atom is 0.416 e. The molecule has 0 atom stereocenters. The number of alkyl halides is 7. The van der Waals surface area contributed by atoms with Gasteiger partial charge in [-0.15, -0.1) is 11.6 Å². The SMILES string of the molecule is FC(F)(F)c1ccc2c(c1)N(CCCCCl)c1ccccc1S2.FC(F)(F)c1ccc2c(c1)Nc1ccccc1S2. The van der Waals surface area contributed by atoms with Crippen LogP contribution in [0.4, 0.5) is 49.1 Å². The molecule has 0 fully saturated rings. The van der Waals surface area contributed by atoms with Crippen molar-refractivity contribution in [1.82, 2.24) is 0 Å². The molecule has 0 amide bonds. The minimum Gasteiger partial charge on any atom is -0.354 e. The average molecular weight is 625 g/mol. The minimum atomic E-state index is -4.33. The molecule has 2 nitrogen and oxygen atoms in total. The van der Waals surface area contributed by atoms with Gasteiger partial charge < -0.3 is 10.2 Å². The Hall–Kier alpha value is -2.95. The van der Waals surface area contributed by atoms with E-state index in [2.05, 4.69) is 5.32 Å². The lowest BCUT2D eigenvalue weighted by atomic mass is 10.1. The van der Waals surface area contributed by atoms with E-state index in [1.54, 1.807) is 6.07 Å². The lowest BCUT2D eigenvalue weighted by molar-refractivity contribution is -0.138. The molecule has 6 rings (SSSR count). The normalized spacial score (nSPS) is 13.6. The zero-order chi connectivity index (χ0) is 29.2. The summed E-state index contributed by atoms with van der Waals surface area (Å²) in [6, 6.07) is 23.1. The number of nitrogens with zero attached hydrogens (tertiary/aromatic N) is 1. The highest BCUT2D eigenvalue weighted by molar-refractivity contribution is 8.00. The molecule has 11 heteroatoms. The molecule has 4 aromatic rings. The number of hydrogen-bond donors (Lipinski definition) is 1. The van der Waals surface area contributed by atoms with Gasteiger partial charge in [-0.25, -0.2) is 0 Å². The van der Waals surface area contributed by atoms with Crippen LogP contribution in [-0.2, 0) is 12.4 Å². The fourth-order valence-electron chi connectivity index (χ4n) is 4.43. The summed E-state index contributed by atoms with van der Waals surface area (Å²) in [5, 5.41) is 3.03. The van der Waals surface area contributed by atoms with Gasteiger partial charge in [0.1, 0.15) is 0 Å². The number of benzene rings is 4. The molecule has 0 aliphatic carbocycles. The first kappa shape index (κ1) is 29.5. The van der Waals surface area contributed by atoms with Crippen LogP contribution in [0, 0.1) is 0 Å². The Labute approximate surface area is 247 Å². The van der Waals surface area contributed by atoms with Crippen molar-refractivity contribution in [2.75, 3.05) is 22.6 Å². The van der Waals surface area contributed by atoms with E-state index in [-0.39, 0.29) is 0 Å². The Morgan fingerprint density at radius 1 is 0.610 bits per heavy atom. The van der Waals surface area contributed by atoms with Crippen molar-refractivity contribution in [3.8, 4) is 0 Å². The third-order valence-corrected chi connectivity index (χ3v) is 8.95. The summed E-state index contributed by atoms with van der Waals surface area (Å²) in [4.78, 5) is 5.71. The summed E-state index contributed by atoms with van der Waals surface area (Å²) in [6.07, 6.45) is -6.98. The third-order valence-electron chi connectivity index (χ3n) is 6.40. The van der Waals surface area contributed by atoms with Crippen LogP contribution in [0.5, 0.6) is 0 Å². The highest BCUT2D eigenvalue weighted by atomic mass is 35.5. The van der Waals surface area contributed by atoms with Gasteiger partial charge in [0.15, 0.2) is 0 Å². The zero-order valence-corrected chi connectivity index (χ0v) is 23.7. The van der Waals surface area contributed by atoms with Gasteiger partial charge in [0.05, 0.1) is 33.9 Å². The second-order valence-electron chi connectivity index (χ2n) is 9.23. The summed E-state index contributed by atoms with van der Waals surface area (Å²) >= 11 is 8.72. The standard InChI is InChI=1S/C17H15ClF3NS.C13H8F3NS/c18-9-3-4-10-22-13-5-1-2-6-15(13)23-16-8-7-12(11-14(16)22)17(19,20)21;14-13(15,16)8-5-6-12-10(7-8)17-9-3-1-2-4-11(9)18-12/h1-2,5-8,11H,3-4,9-10H2;1-7,17H. The maximum absolute atomic E-state index is 13.0. The number of anilines is 4. The van der Waals surface area contributed by atoms with Crippen LogP contribution in [-0.4, -0.2) is 12.4 Å². The maximum atomic E-state index is 13.0. The Kier molecular flexibility index (Phi) is 8.73. The summed E-state index contributed by atoms with van der Waals surface area (Å²) in [5.74, 6) is 0.555. The van der Waals surface area contributed by atoms with Gasteiger partial charge in [0, 0.05) is 32.0 Å². The third kappa shape index (κ3) is 6.76. The topological polar surface area (TPSA) is 15.3 Å². The van der Waals surface area contributed by atoms with Crippen LogP contribution < -0.4 is 10.2 Å². The molecule has 1 N–H and O–H groups in total. The first-order valence-corrected chi connectivity index (χ1v) is 14.8. The molecule has 2 aliphatic rings. The molecule has 41 heavy (non-hydrogen) atoms. The van der Waals surface area contributed by atoms with Crippen LogP contribution in [0.15, 0.2) is 105 Å². The first-order chi connectivity index (χ1) is 19.5. The molecule has 2 heterocycles. The average Bonchev–Trinajstić information content (AvgIpc) is 2.94. The summed E-state index contributed by atoms with van der Waals surface area (Å²) in [7, 11) is 0. The summed E-state index contributed by atoms with van der Waals surface area (Å²) < 4.78 is 77.0. The van der Waals surface area contributed by atoms with Gasteiger partial charge in [0.25, 0.3) is 0 Å². The number of rotatable bonds is 4. The van der Waals surface area contributed by atoms with Crippen molar-refractivity contribution in [3.05, 3.63) is 96.1 Å². The van der Waals surface area contributed by atoms with Crippen LogP contribution >= 0.6 is 35.1 Å². The summed E-state index contributed by atoms with van der Waals surface area (Å²) in [6.45, 7) is 0.651. The fourth-order valence-corrected chi connectivity index (χ4v) is 6.66. The van der Waals surface area contributed by atoms with Crippen LogP contribution in [0.25, 0.3) is 0 Å². The van der Waals surface area contributed by atoms with Gasteiger partial charge in [0.2, 0.25) is 0 Å². The number of nitrogens with one attached hydrogen (secondary N) is 1. The van der Waals surface area contributed by atoms with Gasteiger partial charge in [-0.1, -0.05) is 47.8 Å². The Bertz CT molecular complexity index is 1540. The largest absolute Gasteiger partial charge is 0.416 e. The van der Waals surface area contributed by atoms with Crippen molar-refractivity contribution in [1.29, 1.82) is 0 Å².